The second-order valence-electron chi connectivity index (χ2n) is 5.06. The average Bonchev–Trinajstić information content (AvgIpc) is 2.67. The van der Waals surface area contributed by atoms with Crippen molar-refractivity contribution in [2.24, 2.45) is 5.41 Å². The molecule has 1 aromatic rings. The van der Waals surface area contributed by atoms with Crippen molar-refractivity contribution in [2.45, 2.75) is 66.2 Å². The first kappa shape index (κ1) is 14.3. The van der Waals surface area contributed by atoms with E-state index in [1.54, 1.807) is 11.1 Å². The topological polar surface area (TPSA) is 0 Å². The van der Waals surface area contributed by atoms with E-state index < -0.39 is 0 Å². The van der Waals surface area contributed by atoms with E-state index in [0.29, 0.717) is 5.41 Å². The maximum atomic E-state index is 2.42. The highest BCUT2D eigenvalue weighted by molar-refractivity contribution is 5.38. The van der Waals surface area contributed by atoms with Crippen molar-refractivity contribution in [3.63, 3.8) is 0 Å². The Labute approximate surface area is 107 Å². The normalized spacial score (nSPS) is 26.1. The summed E-state index contributed by atoms with van der Waals surface area (Å²) in [6, 6.07) is 9.02. The third-order valence-corrected chi connectivity index (χ3v) is 4.43. The van der Waals surface area contributed by atoms with Gasteiger partial charge in [0.2, 0.25) is 0 Å². The molecule has 0 bridgehead atoms. The van der Waals surface area contributed by atoms with Gasteiger partial charge in [0.15, 0.2) is 0 Å². The Morgan fingerprint density at radius 2 is 1.82 bits per heavy atom. The van der Waals surface area contributed by atoms with Crippen molar-refractivity contribution in [1.29, 1.82) is 0 Å². The minimum absolute atomic E-state index is 0.554. The molecule has 2 rings (SSSR count). The summed E-state index contributed by atoms with van der Waals surface area (Å²) in [5, 5.41) is 0. The van der Waals surface area contributed by atoms with E-state index in [0.717, 1.165) is 5.92 Å². The van der Waals surface area contributed by atoms with Crippen molar-refractivity contribution in [3.8, 4) is 0 Å². The SMILES string of the molecule is CC.CCCC1(CC)Cc2ccccc2[C@H]1C. The van der Waals surface area contributed by atoms with E-state index in [2.05, 4.69) is 45.0 Å². The molecule has 1 aromatic carbocycles. The van der Waals surface area contributed by atoms with Crippen LogP contribution in [0.25, 0.3) is 0 Å². The van der Waals surface area contributed by atoms with Crippen LogP contribution >= 0.6 is 0 Å². The fourth-order valence-corrected chi connectivity index (χ4v) is 3.39. The van der Waals surface area contributed by atoms with Crippen LogP contribution in [-0.2, 0) is 6.42 Å². The zero-order chi connectivity index (χ0) is 12.9. The molecule has 0 saturated carbocycles. The zero-order valence-corrected chi connectivity index (χ0v) is 12.2. The van der Waals surface area contributed by atoms with Gasteiger partial charge in [-0.05, 0) is 41.7 Å². The molecule has 1 aliphatic carbocycles. The predicted octanol–water partition coefficient (Wildman–Crippen LogP) is 5.57. The maximum Gasteiger partial charge on any atom is -0.0128 e. The van der Waals surface area contributed by atoms with Gasteiger partial charge in [0, 0.05) is 0 Å². The van der Waals surface area contributed by atoms with Crippen molar-refractivity contribution >= 4 is 0 Å². The van der Waals surface area contributed by atoms with Crippen LogP contribution < -0.4 is 0 Å². The molecule has 0 heteroatoms. The Balaban J connectivity index is 0.000000686. The molecule has 96 valence electrons. The Hall–Kier alpha value is -0.780. The minimum Gasteiger partial charge on any atom is -0.0683 e. The number of hydrogen-bond donors (Lipinski definition) is 0. The summed E-state index contributed by atoms with van der Waals surface area (Å²) >= 11 is 0. The van der Waals surface area contributed by atoms with Gasteiger partial charge in [0.1, 0.15) is 0 Å². The first-order chi connectivity index (χ1) is 8.23. The molecule has 1 aliphatic rings. The van der Waals surface area contributed by atoms with Crippen LogP contribution in [0.5, 0.6) is 0 Å². The van der Waals surface area contributed by atoms with Crippen LogP contribution in [-0.4, -0.2) is 0 Å². The first-order valence-electron chi connectivity index (χ1n) is 7.31. The van der Waals surface area contributed by atoms with Gasteiger partial charge in [-0.25, -0.2) is 0 Å². The van der Waals surface area contributed by atoms with Gasteiger partial charge in [-0.2, -0.15) is 0 Å². The lowest BCUT2D eigenvalue weighted by molar-refractivity contribution is 0.220. The predicted molar refractivity (Wildman–Crippen MR) is 77.5 cm³/mol. The molecule has 2 atom stereocenters. The summed E-state index contributed by atoms with van der Waals surface area (Å²) in [5.74, 6) is 0.749. The van der Waals surface area contributed by atoms with Crippen LogP contribution in [0.2, 0.25) is 0 Å². The highest BCUT2D eigenvalue weighted by atomic mass is 14.4. The minimum atomic E-state index is 0.554. The molecule has 0 radical (unpaired) electrons. The highest BCUT2D eigenvalue weighted by Crippen LogP contribution is 2.51. The van der Waals surface area contributed by atoms with Crippen LogP contribution in [0.4, 0.5) is 0 Å². The van der Waals surface area contributed by atoms with Crippen molar-refractivity contribution < 1.29 is 0 Å². The zero-order valence-electron chi connectivity index (χ0n) is 12.2. The molecule has 0 saturated heterocycles. The molecule has 17 heavy (non-hydrogen) atoms. The second-order valence-corrected chi connectivity index (χ2v) is 5.06. The quantitative estimate of drug-likeness (QED) is 0.639. The fraction of sp³-hybridized carbons (Fsp3) is 0.647. The molecule has 0 fully saturated rings. The van der Waals surface area contributed by atoms with Crippen LogP contribution in [0.3, 0.4) is 0 Å². The van der Waals surface area contributed by atoms with Gasteiger partial charge in [-0.1, -0.05) is 65.3 Å². The lowest BCUT2D eigenvalue weighted by Gasteiger charge is -2.32. The average molecular weight is 232 g/mol. The van der Waals surface area contributed by atoms with Gasteiger partial charge < -0.3 is 0 Å². The number of rotatable bonds is 3. The van der Waals surface area contributed by atoms with Gasteiger partial charge in [-0.3, -0.25) is 0 Å². The van der Waals surface area contributed by atoms with Crippen LogP contribution in [0.1, 0.15) is 70.9 Å². The molecule has 0 nitrogen and oxygen atoms in total. The monoisotopic (exact) mass is 232 g/mol. The Morgan fingerprint density at radius 3 is 2.35 bits per heavy atom. The van der Waals surface area contributed by atoms with E-state index in [1.807, 2.05) is 13.8 Å². The Morgan fingerprint density at radius 1 is 1.18 bits per heavy atom. The summed E-state index contributed by atoms with van der Waals surface area (Å²) in [6.45, 7) is 11.1. The van der Waals surface area contributed by atoms with Crippen molar-refractivity contribution in [2.75, 3.05) is 0 Å². The Kier molecular flexibility index (Phi) is 5.24. The van der Waals surface area contributed by atoms with E-state index in [1.165, 1.54) is 25.7 Å². The van der Waals surface area contributed by atoms with Crippen molar-refractivity contribution in [3.05, 3.63) is 35.4 Å². The number of hydrogen-bond acceptors (Lipinski definition) is 0. The largest absolute Gasteiger partial charge is 0.0683 e. The third-order valence-electron chi connectivity index (χ3n) is 4.43. The Bertz CT molecular complexity index is 340. The molecule has 1 unspecified atom stereocenters. The van der Waals surface area contributed by atoms with Gasteiger partial charge in [0.25, 0.3) is 0 Å². The van der Waals surface area contributed by atoms with Crippen LogP contribution in [0.15, 0.2) is 24.3 Å². The molecule has 0 amide bonds. The van der Waals surface area contributed by atoms with Crippen molar-refractivity contribution in [1.82, 2.24) is 0 Å². The molecule has 0 heterocycles. The molecule has 0 aromatic heterocycles. The molecular weight excluding hydrogens is 204 g/mol. The first-order valence-corrected chi connectivity index (χ1v) is 7.31. The summed E-state index contributed by atoms with van der Waals surface area (Å²) in [6.07, 6.45) is 5.30. The molecular formula is C17H28. The molecule has 0 aliphatic heterocycles. The van der Waals surface area contributed by atoms with E-state index in [-0.39, 0.29) is 0 Å². The lowest BCUT2D eigenvalue weighted by Crippen LogP contribution is -2.23. The number of fused-ring (bicyclic) bond motifs is 1. The smallest absolute Gasteiger partial charge is 0.0128 e. The van der Waals surface area contributed by atoms with Gasteiger partial charge >= 0.3 is 0 Å². The number of benzene rings is 1. The third kappa shape index (κ3) is 2.56. The standard InChI is InChI=1S/C15H22.C2H6/c1-4-10-15(5-2)11-13-8-6-7-9-14(13)12(15)3;1-2/h6-9,12H,4-5,10-11H2,1-3H3;1-2H3/t12-,15?;/m1./s1. The van der Waals surface area contributed by atoms with E-state index in [9.17, 15) is 0 Å². The second kappa shape index (κ2) is 6.23. The van der Waals surface area contributed by atoms with Gasteiger partial charge in [-0.15, -0.1) is 0 Å². The molecule has 0 spiro atoms. The van der Waals surface area contributed by atoms with Crippen LogP contribution in [0, 0.1) is 5.41 Å². The van der Waals surface area contributed by atoms with Gasteiger partial charge in [0.05, 0.1) is 0 Å². The van der Waals surface area contributed by atoms with E-state index >= 15 is 0 Å². The lowest BCUT2D eigenvalue weighted by atomic mass is 9.72. The summed E-state index contributed by atoms with van der Waals surface area (Å²) < 4.78 is 0. The maximum absolute atomic E-state index is 2.42. The van der Waals surface area contributed by atoms with E-state index in [4.69, 9.17) is 0 Å². The summed E-state index contributed by atoms with van der Waals surface area (Å²) in [4.78, 5) is 0. The fourth-order valence-electron chi connectivity index (χ4n) is 3.39. The summed E-state index contributed by atoms with van der Waals surface area (Å²) in [7, 11) is 0. The molecule has 0 N–H and O–H groups in total. The summed E-state index contributed by atoms with van der Waals surface area (Å²) in [5.41, 5.74) is 3.76. The highest BCUT2D eigenvalue weighted by Gasteiger charge is 2.40.